The molecule has 0 saturated carbocycles. The second kappa shape index (κ2) is 9.37. The van der Waals surface area contributed by atoms with Crippen LogP contribution in [0.4, 0.5) is 11.4 Å². The minimum atomic E-state index is -0.183. The van der Waals surface area contributed by atoms with E-state index in [2.05, 4.69) is 16.0 Å². The topological polar surface area (TPSA) is 70.2 Å². The van der Waals surface area contributed by atoms with Crippen LogP contribution in [0.15, 0.2) is 78.9 Å². The van der Waals surface area contributed by atoms with E-state index in [1.54, 1.807) is 24.3 Å². The molecule has 142 valence electrons. The lowest BCUT2D eigenvalue weighted by Crippen LogP contribution is -2.24. The molecule has 0 aromatic heterocycles. The van der Waals surface area contributed by atoms with Crippen molar-refractivity contribution in [3.63, 3.8) is 0 Å². The quantitative estimate of drug-likeness (QED) is 0.587. The van der Waals surface area contributed by atoms with Gasteiger partial charge >= 0.3 is 0 Å². The molecule has 0 atom stereocenters. The first-order chi connectivity index (χ1) is 13.6. The molecule has 5 nitrogen and oxygen atoms in total. The number of hydrogen-bond donors (Lipinski definition) is 3. The van der Waals surface area contributed by atoms with E-state index in [0.717, 1.165) is 16.8 Å². The molecule has 0 saturated heterocycles. The van der Waals surface area contributed by atoms with Gasteiger partial charge in [0.25, 0.3) is 5.91 Å². The van der Waals surface area contributed by atoms with Gasteiger partial charge in [0.1, 0.15) is 0 Å². The zero-order valence-corrected chi connectivity index (χ0v) is 15.7. The van der Waals surface area contributed by atoms with Crippen molar-refractivity contribution in [2.75, 3.05) is 17.2 Å². The van der Waals surface area contributed by atoms with Crippen LogP contribution in [-0.4, -0.2) is 18.4 Å². The lowest BCUT2D eigenvalue weighted by Gasteiger charge is -2.10. The molecular formula is C23H23N3O2. The van der Waals surface area contributed by atoms with Crippen LogP contribution in [0.3, 0.4) is 0 Å². The maximum absolute atomic E-state index is 12.4. The van der Waals surface area contributed by atoms with Crippen LogP contribution in [0.1, 0.15) is 21.5 Å². The molecule has 0 aliphatic carbocycles. The van der Waals surface area contributed by atoms with E-state index in [4.69, 9.17) is 0 Å². The summed E-state index contributed by atoms with van der Waals surface area (Å²) in [7, 11) is 0. The number of anilines is 2. The van der Waals surface area contributed by atoms with Crippen LogP contribution in [0.25, 0.3) is 0 Å². The molecule has 0 spiro atoms. The van der Waals surface area contributed by atoms with Crippen LogP contribution < -0.4 is 16.0 Å². The Balaban J connectivity index is 1.53. The zero-order chi connectivity index (χ0) is 19.8. The van der Waals surface area contributed by atoms with Crippen LogP contribution >= 0.6 is 0 Å². The Kier molecular flexibility index (Phi) is 6.41. The predicted octanol–water partition coefficient (Wildman–Crippen LogP) is 3.98. The van der Waals surface area contributed by atoms with Crippen molar-refractivity contribution >= 4 is 23.2 Å². The molecule has 3 aromatic rings. The van der Waals surface area contributed by atoms with Gasteiger partial charge in [-0.15, -0.1) is 0 Å². The van der Waals surface area contributed by atoms with E-state index < -0.39 is 0 Å². The average Bonchev–Trinajstić information content (AvgIpc) is 2.71. The van der Waals surface area contributed by atoms with E-state index in [0.29, 0.717) is 17.8 Å². The molecule has 3 aromatic carbocycles. The Morgan fingerprint density at radius 1 is 0.821 bits per heavy atom. The zero-order valence-electron chi connectivity index (χ0n) is 15.7. The highest BCUT2D eigenvalue weighted by molar-refractivity contribution is 5.98. The number of hydrogen-bond acceptors (Lipinski definition) is 3. The molecular weight excluding hydrogens is 350 g/mol. The fourth-order valence-electron chi connectivity index (χ4n) is 2.76. The molecule has 0 fully saturated rings. The molecule has 2 amide bonds. The van der Waals surface area contributed by atoms with Crippen molar-refractivity contribution in [1.82, 2.24) is 5.32 Å². The summed E-state index contributed by atoms with van der Waals surface area (Å²) in [5.74, 6) is -0.360. The first-order valence-corrected chi connectivity index (χ1v) is 9.13. The van der Waals surface area contributed by atoms with Gasteiger partial charge in [-0.1, -0.05) is 48.5 Å². The predicted molar refractivity (Wildman–Crippen MR) is 112 cm³/mol. The van der Waals surface area contributed by atoms with E-state index in [1.165, 1.54) is 0 Å². The van der Waals surface area contributed by atoms with Gasteiger partial charge in [0.2, 0.25) is 5.91 Å². The van der Waals surface area contributed by atoms with Gasteiger partial charge in [0.15, 0.2) is 0 Å². The number of aryl methyl sites for hydroxylation is 1. The van der Waals surface area contributed by atoms with Crippen molar-refractivity contribution < 1.29 is 9.59 Å². The first-order valence-electron chi connectivity index (χ1n) is 9.13. The SMILES string of the molecule is Cc1cccc(NCC(=O)Nc2cccc(C(=O)NCc3ccccc3)c2)c1. The molecule has 0 unspecified atom stereocenters. The van der Waals surface area contributed by atoms with Crippen LogP contribution in [0, 0.1) is 6.92 Å². The van der Waals surface area contributed by atoms with Crippen LogP contribution in [0.2, 0.25) is 0 Å². The standard InChI is InChI=1S/C23H23N3O2/c1-17-7-5-11-20(13-17)24-16-22(27)26-21-12-6-10-19(14-21)23(28)25-15-18-8-3-2-4-9-18/h2-14,24H,15-16H2,1H3,(H,25,28)(H,26,27). The summed E-state index contributed by atoms with van der Waals surface area (Å²) in [4.78, 5) is 24.6. The van der Waals surface area contributed by atoms with E-state index in [1.807, 2.05) is 61.5 Å². The number of rotatable bonds is 7. The number of carbonyl (C=O) groups is 2. The second-order valence-electron chi connectivity index (χ2n) is 6.52. The fraction of sp³-hybridized carbons (Fsp3) is 0.130. The van der Waals surface area contributed by atoms with Crippen molar-refractivity contribution in [2.45, 2.75) is 13.5 Å². The van der Waals surface area contributed by atoms with Gasteiger partial charge in [0, 0.05) is 23.5 Å². The minimum absolute atomic E-state index is 0.147. The summed E-state index contributed by atoms with van der Waals surface area (Å²) >= 11 is 0. The van der Waals surface area contributed by atoms with Crippen LogP contribution in [-0.2, 0) is 11.3 Å². The lowest BCUT2D eigenvalue weighted by molar-refractivity contribution is -0.114. The van der Waals surface area contributed by atoms with Crippen molar-refractivity contribution in [3.05, 3.63) is 95.6 Å². The number of carbonyl (C=O) groups excluding carboxylic acids is 2. The van der Waals surface area contributed by atoms with Gasteiger partial charge in [-0.3, -0.25) is 9.59 Å². The van der Waals surface area contributed by atoms with Crippen LogP contribution in [0.5, 0.6) is 0 Å². The normalized spacial score (nSPS) is 10.2. The van der Waals surface area contributed by atoms with Gasteiger partial charge in [-0.25, -0.2) is 0 Å². The maximum atomic E-state index is 12.4. The molecule has 0 radical (unpaired) electrons. The van der Waals surface area contributed by atoms with Crippen molar-refractivity contribution in [3.8, 4) is 0 Å². The molecule has 3 rings (SSSR count). The molecule has 0 aliphatic rings. The smallest absolute Gasteiger partial charge is 0.251 e. The molecule has 3 N–H and O–H groups in total. The highest BCUT2D eigenvalue weighted by Gasteiger charge is 2.08. The molecule has 0 heterocycles. The summed E-state index contributed by atoms with van der Waals surface area (Å²) in [6.45, 7) is 2.60. The third kappa shape index (κ3) is 5.71. The van der Waals surface area contributed by atoms with Gasteiger partial charge in [-0.05, 0) is 48.4 Å². The van der Waals surface area contributed by atoms with E-state index in [9.17, 15) is 9.59 Å². The monoisotopic (exact) mass is 373 g/mol. The summed E-state index contributed by atoms with van der Waals surface area (Å²) in [6, 6.07) is 24.5. The first kappa shape index (κ1) is 19.2. The van der Waals surface area contributed by atoms with Gasteiger partial charge < -0.3 is 16.0 Å². The van der Waals surface area contributed by atoms with Crippen molar-refractivity contribution in [2.24, 2.45) is 0 Å². The lowest BCUT2D eigenvalue weighted by atomic mass is 10.1. The second-order valence-corrected chi connectivity index (χ2v) is 6.52. The summed E-state index contributed by atoms with van der Waals surface area (Å²) in [5, 5.41) is 8.79. The van der Waals surface area contributed by atoms with E-state index in [-0.39, 0.29) is 18.4 Å². The Morgan fingerprint density at radius 2 is 1.57 bits per heavy atom. The fourth-order valence-corrected chi connectivity index (χ4v) is 2.76. The third-order valence-corrected chi connectivity index (χ3v) is 4.18. The molecule has 0 aliphatic heterocycles. The van der Waals surface area contributed by atoms with Gasteiger partial charge in [-0.2, -0.15) is 0 Å². The number of nitrogens with one attached hydrogen (secondary N) is 3. The molecule has 0 bridgehead atoms. The number of amides is 2. The Morgan fingerprint density at radius 3 is 2.36 bits per heavy atom. The third-order valence-electron chi connectivity index (χ3n) is 4.18. The highest BCUT2D eigenvalue weighted by Crippen LogP contribution is 2.12. The Bertz CT molecular complexity index is 955. The van der Waals surface area contributed by atoms with E-state index >= 15 is 0 Å². The highest BCUT2D eigenvalue weighted by atomic mass is 16.2. The van der Waals surface area contributed by atoms with Crippen molar-refractivity contribution in [1.29, 1.82) is 0 Å². The Hall–Kier alpha value is -3.60. The largest absolute Gasteiger partial charge is 0.376 e. The maximum Gasteiger partial charge on any atom is 0.251 e. The van der Waals surface area contributed by atoms with Gasteiger partial charge in [0.05, 0.1) is 6.54 Å². The Labute approximate surface area is 164 Å². The summed E-state index contributed by atoms with van der Waals surface area (Å²) < 4.78 is 0. The average molecular weight is 373 g/mol. The summed E-state index contributed by atoms with van der Waals surface area (Å²) in [6.07, 6.45) is 0. The number of benzene rings is 3. The molecule has 5 heteroatoms. The summed E-state index contributed by atoms with van der Waals surface area (Å²) in [5.41, 5.74) is 4.13. The minimum Gasteiger partial charge on any atom is -0.376 e. The molecule has 28 heavy (non-hydrogen) atoms.